The molecule has 0 saturated heterocycles. The highest BCUT2D eigenvalue weighted by Crippen LogP contribution is 2.37. The Morgan fingerprint density at radius 2 is 1.83 bits per heavy atom. The van der Waals surface area contributed by atoms with Gasteiger partial charge in [0, 0.05) is 51.8 Å². The summed E-state index contributed by atoms with van der Waals surface area (Å²) < 4.78 is 11.7. The van der Waals surface area contributed by atoms with Gasteiger partial charge in [0.1, 0.15) is 5.75 Å². The molecule has 0 bridgehead atoms. The van der Waals surface area contributed by atoms with E-state index in [1.165, 1.54) is 28.6 Å². The number of nitrogens with zero attached hydrogens (tertiary/aromatic N) is 4. The molecule has 35 heavy (non-hydrogen) atoms. The van der Waals surface area contributed by atoms with Crippen LogP contribution in [0.15, 0.2) is 65.3 Å². The van der Waals surface area contributed by atoms with Crippen molar-refractivity contribution in [1.29, 1.82) is 0 Å². The fourth-order valence-corrected chi connectivity index (χ4v) is 4.52. The van der Waals surface area contributed by atoms with Gasteiger partial charge < -0.3 is 14.1 Å². The Balaban J connectivity index is 1.29. The van der Waals surface area contributed by atoms with Crippen LogP contribution in [0.1, 0.15) is 17.0 Å². The Hall–Kier alpha value is -4.79. The zero-order chi connectivity index (χ0) is 24.1. The number of fused-ring (bicyclic) bond motifs is 4. The van der Waals surface area contributed by atoms with Gasteiger partial charge in [0.05, 0.1) is 10.4 Å². The summed E-state index contributed by atoms with van der Waals surface area (Å²) in [5, 5.41) is 23.4. The molecule has 0 radical (unpaired) electrons. The number of hydrogen-bond acceptors (Lipinski definition) is 7. The van der Waals surface area contributed by atoms with Gasteiger partial charge in [-0.25, -0.2) is 0 Å². The van der Waals surface area contributed by atoms with Crippen molar-refractivity contribution in [3.05, 3.63) is 88.1 Å². The SMILES string of the molecule is Cc1c2ccncc2c(C)c2c1[nH]c1ccc(OCc3nnc(-c4ccc([N+](=O)[O-])cc4)o3)cc12. The van der Waals surface area contributed by atoms with Crippen LogP contribution in [0.5, 0.6) is 5.75 Å². The number of benzene rings is 3. The van der Waals surface area contributed by atoms with Gasteiger partial charge in [0.2, 0.25) is 5.89 Å². The Morgan fingerprint density at radius 3 is 2.63 bits per heavy atom. The maximum atomic E-state index is 10.8. The lowest BCUT2D eigenvalue weighted by Crippen LogP contribution is -1.95. The van der Waals surface area contributed by atoms with Gasteiger partial charge in [-0.3, -0.25) is 15.1 Å². The van der Waals surface area contributed by atoms with Crippen molar-refractivity contribution in [3.8, 4) is 17.2 Å². The normalized spacial score (nSPS) is 11.5. The van der Waals surface area contributed by atoms with Crippen molar-refractivity contribution in [3.63, 3.8) is 0 Å². The number of nitro benzene ring substituents is 1. The van der Waals surface area contributed by atoms with E-state index in [2.05, 4.69) is 34.0 Å². The summed E-state index contributed by atoms with van der Waals surface area (Å²) in [4.78, 5) is 18.2. The van der Waals surface area contributed by atoms with Gasteiger partial charge in [-0.1, -0.05) is 0 Å². The first-order chi connectivity index (χ1) is 17.0. The number of ether oxygens (including phenoxy) is 1. The molecule has 0 fully saturated rings. The monoisotopic (exact) mass is 465 g/mol. The predicted molar refractivity (Wildman–Crippen MR) is 131 cm³/mol. The van der Waals surface area contributed by atoms with Gasteiger partial charge in [0.15, 0.2) is 6.61 Å². The third kappa shape index (κ3) is 3.45. The molecule has 0 spiro atoms. The summed E-state index contributed by atoms with van der Waals surface area (Å²) in [7, 11) is 0. The molecule has 1 N–H and O–H groups in total. The minimum absolute atomic E-state index is 0.000754. The van der Waals surface area contributed by atoms with E-state index in [1.54, 1.807) is 12.1 Å². The molecule has 0 aliphatic carbocycles. The number of hydrogen-bond donors (Lipinski definition) is 1. The quantitative estimate of drug-likeness (QED) is 0.244. The van der Waals surface area contributed by atoms with Crippen molar-refractivity contribution in [2.45, 2.75) is 20.5 Å². The number of nitro groups is 1. The van der Waals surface area contributed by atoms with Crippen LogP contribution in [0, 0.1) is 24.0 Å². The smallest absolute Gasteiger partial charge is 0.269 e. The van der Waals surface area contributed by atoms with E-state index >= 15 is 0 Å². The maximum absolute atomic E-state index is 10.8. The number of aromatic amines is 1. The molecule has 6 aromatic rings. The van der Waals surface area contributed by atoms with Crippen LogP contribution in [0.3, 0.4) is 0 Å². The van der Waals surface area contributed by atoms with Crippen molar-refractivity contribution in [1.82, 2.24) is 20.2 Å². The number of rotatable bonds is 5. The third-order valence-corrected chi connectivity index (χ3v) is 6.30. The molecule has 9 nitrogen and oxygen atoms in total. The highest BCUT2D eigenvalue weighted by Gasteiger charge is 2.15. The van der Waals surface area contributed by atoms with Crippen LogP contribution in [0.4, 0.5) is 5.69 Å². The second-order valence-corrected chi connectivity index (χ2v) is 8.35. The van der Waals surface area contributed by atoms with E-state index in [0.717, 1.165) is 27.2 Å². The third-order valence-electron chi connectivity index (χ3n) is 6.30. The summed E-state index contributed by atoms with van der Waals surface area (Å²) in [6.07, 6.45) is 3.73. The van der Waals surface area contributed by atoms with Gasteiger partial charge >= 0.3 is 0 Å². The summed E-state index contributed by atoms with van der Waals surface area (Å²) in [5.41, 5.74) is 5.09. The van der Waals surface area contributed by atoms with Crippen LogP contribution in [-0.4, -0.2) is 25.1 Å². The molecule has 0 saturated carbocycles. The average molecular weight is 465 g/mol. The largest absolute Gasteiger partial charge is 0.484 e. The number of nitrogens with one attached hydrogen (secondary N) is 1. The Morgan fingerprint density at radius 1 is 1.00 bits per heavy atom. The van der Waals surface area contributed by atoms with Crippen LogP contribution in [0.25, 0.3) is 44.0 Å². The number of non-ortho nitro benzene ring substituents is 1. The lowest BCUT2D eigenvalue weighted by atomic mass is 9.97. The number of pyridine rings is 1. The first-order valence-electron chi connectivity index (χ1n) is 11.0. The molecule has 0 aliphatic rings. The zero-order valence-corrected chi connectivity index (χ0v) is 18.9. The summed E-state index contributed by atoms with van der Waals surface area (Å²) >= 11 is 0. The second-order valence-electron chi connectivity index (χ2n) is 8.35. The van der Waals surface area contributed by atoms with E-state index in [9.17, 15) is 10.1 Å². The maximum Gasteiger partial charge on any atom is 0.269 e. The number of aromatic nitrogens is 4. The Kier molecular flexibility index (Phi) is 4.70. The van der Waals surface area contributed by atoms with Crippen molar-refractivity contribution in [2.75, 3.05) is 0 Å². The molecule has 0 unspecified atom stereocenters. The fourth-order valence-electron chi connectivity index (χ4n) is 4.52. The Labute approximate surface area is 198 Å². The van der Waals surface area contributed by atoms with E-state index in [0.29, 0.717) is 17.2 Å². The van der Waals surface area contributed by atoms with E-state index in [4.69, 9.17) is 9.15 Å². The van der Waals surface area contributed by atoms with Crippen molar-refractivity contribution < 1.29 is 14.1 Å². The number of H-pyrrole nitrogens is 1. The molecule has 3 aromatic heterocycles. The summed E-state index contributed by atoms with van der Waals surface area (Å²) in [6, 6.07) is 13.9. The summed E-state index contributed by atoms with van der Waals surface area (Å²) in [6.45, 7) is 4.33. The van der Waals surface area contributed by atoms with Crippen molar-refractivity contribution >= 4 is 38.3 Å². The molecule has 0 atom stereocenters. The molecule has 3 aromatic carbocycles. The van der Waals surface area contributed by atoms with Crippen molar-refractivity contribution in [2.24, 2.45) is 0 Å². The van der Waals surface area contributed by atoms with Gasteiger partial charge in [-0.05, 0) is 66.8 Å². The van der Waals surface area contributed by atoms with E-state index in [1.807, 2.05) is 36.7 Å². The predicted octanol–water partition coefficient (Wildman–Crippen LogP) is 6.02. The first kappa shape index (κ1) is 20.8. The molecular formula is C26H19N5O4. The van der Waals surface area contributed by atoms with Gasteiger partial charge in [0.25, 0.3) is 11.6 Å². The molecule has 3 heterocycles. The highest BCUT2D eigenvalue weighted by molar-refractivity contribution is 6.16. The van der Waals surface area contributed by atoms with E-state index in [-0.39, 0.29) is 18.2 Å². The second kappa shape index (κ2) is 7.91. The minimum atomic E-state index is -0.455. The highest BCUT2D eigenvalue weighted by atomic mass is 16.6. The summed E-state index contributed by atoms with van der Waals surface area (Å²) in [5.74, 6) is 1.26. The van der Waals surface area contributed by atoms with Crippen LogP contribution in [-0.2, 0) is 6.61 Å². The Bertz CT molecular complexity index is 1750. The molecular weight excluding hydrogens is 446 g/mol. The number of aryl methyl sites for hydroxylation is 2. The minimum Gasteiger partial charge on any atom is -0.484 e. The molecule has 0 aliphatic heterocycles. The van der Waals surface area contributed by atoms with Crippen LogP contribution >= 0.6 is 0 Å². The lowest BCUT2D eigenvalue weighted by Gasteiger charge is -2.08. The van der Waals surface area contributed by atoms with E-state index < -0.39 is 4.92 Å². The fraction of sp³-hybridized carbons (Fsp3) is 0.115. The molecule has 172 valence electrons. The van der Waals surface area contributed by atoms with Gasteiger partial charge in [-0.2, -0.15) is 0 Å². The average Bonchev–Trinajstić information content (AvgIpc) is 3.51. The van der Waals surface area contributed by atoms with Crippen LogP contribution < -0.4 is 4.74 Å². The topological polar surface area (TPSA) is 120 Å². The first-order valence-corrected chi connectivity index (χ1v) is 11.0. The lowest BCUT2D eigenvalue weighted by molar-refractivity contribution is -0.384. The molecule has 6 rings (SSSR count). The zero-order valence-electron chi connectivity index (χ0n) is 18.9. The van der Waals surface area contributed by atoms with Gasteiger partial charge in [-0.15, -0.1) is 10.2 Å². The molecule has 0 amide bonds. The standard InChI is InChI=1S/C26H19N5O4/c1-14-21-12-27-10-9-19(21)15(2)25-24(14)20-11-18(7-8-22(20)28-25)34-13-23-29-30-26(35-23)16-3-5-17(6-4-16)31(32)33/h3-12,28H,13H2,1-2H3. The molecule has 9 heteroatoms. The van der Waals surface area contributed by atoms with Crippen LogP contribution in [0.2, 0.25) is 0 Å².